The molecule has 7 heteroatoms. The van der Waals surface area contributed by atoms with Crippen LogP contribution in [0.1, 0.15) is 13.3 Å². The van der Waals surface area contributed by atoms with Gasteiger partial charge in [0.25, 0.3) is 0 Å². The summed E-state index contributed by atoms with van der Waals surface area (Å²) in [5, 5.41) is 10.8. The Morgan fingerprint density at radius 2 is 2.19 bits per heavy atom. The van der Waals surface area contributed by atoms with E-state index < -0.39 is 15.9 Å². The topological polar surface area (TPSA) is 69.6 Å². The van der Waals surface area contributed by atoms with Crippen LogP contribution in [0.5, 0.6) is 0 Å². The van der Waals surface area contributed by atoms with Crippen molar-refractivity contribution in [3.63, 3.8) is 0 Å². The van der Waals surface area contributed by atoms with Crippen LogP contribution in [0.3, 0.4) is 0 Å². The van der Waals surface area contributed by atoms with Crippen molar-refractivity contribution in [1.29, 1.82) is 0 Å². The normalized spacial score (nSPS) is 11.2. The smallest absolute Gasteiger partial charge is 0.861 e. The van der Waals surface area contributed by atoms with Gasteiger partial charge in [0, 0.05) is 0 Å². The van der Waals surface area contributed by atoms with Crippen LogP contribution in [-0.2, 0) is 10.0 Å². The zero-order valence-electron chi connectivity index (χ0n) is 9.60. The predicted octanol–water partition coefficient (Wildman–Crippen LogP) is -5.65. The van der Waals surface area contributed by atoms with E-state index in [1.54, 1.807) is 13.0 Å². The molecule has 0 aliphatic heterocycles. The molecule has 0 unspecified atom stereocenters. The minimum absolute atomic E-state index is 0. The van der Waals surface area contributed by atoms with Crippen LogP contribution in [-0.4, -0.2) is 14.3 Å². The number of rotatable bonds is 3. The van der Waals surface area contributed by atoms with Crippen molar-refractivity contribution in [3.8, 4) is 0 Å². The van der Waals surface area contributed by atoms with E-state index in [1.807, 2.05) is 0 Å². The summed E-state index contributed by atoms with van der Waals surface area (Å²) in [7, 11) is -3.83. The third-order valence-corrected chi connectivity index (χ3v) is 2.79. The Labute approximate surface area is 130 Å². The monoisotopic (exact) mass is 241 g/mol. The molecule has 0 bridgehead atoms. The van der Waals surface area contributed by atoms with Crippen molar-refractivity contribution < 1.29 is 61.9 Å². The van der Waals surface area contributed by atoms with E-state index in [2.05, 4.69) is 10.5 Å². The van der Waals surface area contributed by atoms with Crippen LogP contribution in [0.15, 0.2) is 33.6 Å². The molecule has 0 radical (unpaired) electrons. The van der Waals surface area contributed by atoms with Crippen LogP contribution >= 0.6 is 0 Å². The van der Waals surface area contributed by atoms with E-state index in [4.69, 9.17) is 0 Å². The first kappa shape index (κ1) is 18.6. The molecule has 76 valence electrons. The van der Waals surface area contributed by atoms with E-state index in [9.17, 15) is 13.5 Å². The summed E-state index contributed by atoms with van der Waals surface area (Å²) in [6, 6.07) is 8.36. The Balaban J connectivity index is 0. The summed E-state index contributed by atoms with van der Waals surface area (Å²) in [4.78, 5) is -0.0122. The third kappa shape index (κ3) is 5.53. The molecular formula is C9H9LiNNaO3S. The number of benzene rings is 1. The predicted molar refractivity (Wildman–Crippen MR) is 50.2 cm³/mol. The Morgan fingerprint density at radius 3 is 2.62 bits per heavy atom. The minimum atomic E-state index is -3.83. The largest absolute Gasteiger partial charge is 1.00 e. The first-order valence-corrected chi connectivity index (χ1v) is 5.47. The van der Waals surface area contributed by atoms with Gasteiger partial charge in [-0.25, -0.2) is 8.42 Å². The molecule has 4 nitrogen and oxygen atoms in total. The van der Waals surface area contributed by atoms with E-state index in [0.29, 0.717) is 0 Å². The molecule has 0 saturated heterocycles. The minimum Gasteiger partial charge on any atom is -0.861 e. The van der Waals surface area contributed by atoms with Crippen LogP contribution < -0.4 is 53.5 Å². The molecule has 1 rings (SSSR count). The van der Waals surface area contributed by atoms with Crippen LogP contribution in [0.4, 0.5) is 0 Å². The maximum Gasteiger partial charge on any atom is 1.00 e. The van der Waals surface area contributed by atoms with Gasteiger partial charge in [0.05, 0.1) is 0 Å². The van der Waals surface area contributed by atoms with Crippen molar-refractivity contribution >= 4 is 15.9 Å². The second-order valence-corrected chi connectivity index (χ2v) is 4.16. The van der Waals surface area contributed by atoms with Gasteiger partial charge in [-0.3, -0.25) is 0 Å². The van der Waals surface area contributed by atoms with Gasteiger partial charge in [0.2, 0.25) is 10.0 Å². The van der Waals surface area contributed by atoms with Gasteiger partial charge in [-0.2, -0.15) is 34.7 Å². The van der Waals surface area contributed by atoms with E-state index in [0.717, 1.165) is 0 Å². The van der Waals surface area contributed by atoms with E-state index >= 15 is 0 Å². The molecule has 0 aromatic heterocycles. The van der Waals surface area contributed by atoms with Gasteiger partial charge in [-0.15, -0.1) is 0 Å². The number of nitrogens with zero attached hydrogens (tertiary/aromatic N) is 1. The van der Waals surface area contributed by atoms with Gasteiger partial charge in [-0.05, 0) is 17.2 Å². The fourth-order valence-electron chi connectivity index (χ4n) is 0.789. The molecule has 0 spiro atoms. The second-order valence-electron chi connectivity index (χ2n) is 2.55. The maximum absolute atomic E-state index is 11.4. The van der Waals surface area contributed by atoms with Crippen molar-refractivity contribution in [2.45, 2.75) is 18.2 Å². The maximum atomic E-state index is 11.4. The Hall–Kier alpha value is 0.237. The van der Waals surface area contributed by atoms with Crippen molar-refractivity contribution in [1.82, 2.24) is 0 Å². The Morgan fingerprint density at radius 1 is 1.56 bits per heavy atom. The zero-order valence-corrected chi connectivity index (χ0v) is 12.4. The number of hydrogen-bond donors (Lipinski definition) is 0. The molecule has 1 aromatic rings. The molecular weight excluding hydrogens is 232 g/mol. The van der Waals surface area contributed by atoms with Crippen LogP contribution in [0.25, 0.3) is 0 Å². The van der Waals surface area contributed by atoms with Crippen molar-refractivity contribution in [2.24, 2.45) is 4.40 Å². The van der Waals surface area contributed by atoms with Gasteiger partial charge >= 0.3 is 48.4 Å². The average molecular weight is 241 g/mol. The van der Waals surface area contributed by atoms with Crippen molar-refractivity contribution in [3.05, 3.63) is 30.3 Å². The van der Waals surface area contributed by atoms with E-state index in [-0.39, 0.29) is 59.7 Å². The molecule has 0 aliphatic rings. The molecule has 16 heavy (non-hydrogen) atoms. The fraction of sp³-hybridized carbons (Fsp3) is 0.222. The van der Waals surface area contributed by atoms with Gasteiger partial charge in [0.15, 0.2) is 0 Å². The summed E-state index contributed by atoms with van der Waals surface area (Å²) < 4.78 is 25.9. The Bertz CT molecular complexity index is 433. The molecule has 0 amide bonds. The molecule has 0 aliphatic carbocycles. The molecule has 0 heterocycles. The summed E-state index contributed by atoms with van der Waals surface area (Å²) >= 11 is 0. The van der Waals surface area contributed by atoms with Gasteiger partial charge in [0.1, 0.15) is 0 Å². The van der Waals surface area contributed by atoms with Gasteiger partial charge < -0.3 is 5.11 Å². The molecule has 0 saturated carbocycles. The summed E-state index contributed by atoms with van der Waals surface area (Å²) in [5.41, 5.74) is 0. The summed E-state index contributed by atoms with van der Waals surface area (Å²) in [5.74, 6) is -0.645. The third-order valence-electron chi connectivity index (χ3n) is 1.50. The second kappa shape index (κ2) is 8.35. The molecule has 1 aromatic carbocycles. The average Bonchev–Trinajstić information content (AvgIpc) is 2.18. The quantitative estimate of drug-likeness (QED) is 0.229. The standard InChI is InChI=1S/C9H10NO3S.Li.Na/c1-2-9(11)10-14(12,13)8-6-4-3-5-7-8;;/h3-4,6-7H,2H2,1H3,(H,10,11);;/q-1;2*+1/p-1. The zero-order chi connectivity index (χ0) is 10.6. The van der Waals surface area contributed by atoms with Gasteiger partial charge in [-0.1, -0.05) is 6.92 Å². The SMILES string of the molecule is CC/C([O-])=N/S(=O)(=O)c1c[c-]ccc1.[Li+].[Na+]. The summed E-state index contributed by atoms with van der Waals surface area (Å²) in [6.07, 6.45) is 0.0791. The number of sulfonamides is 1. The van der Waals surface area contributed by atoms with E-state index in [1.165, 1.54) is 18.2 Å². The molecule has 0 atom stereocenters. The molecule has 0 N–H and O–H groups in total. The molecule has 0 fully saturated rings. The Kier molecular flexibility index (Phi) is 9.70. The first-order chi connectivity index (χ1) is 6.56. The van der Waals surface area contributed by atoms with Crippen LogP contribution in [0.2, 0.25) is 0 Å². The number of hydrogen-bond acceptors (Lipinski definition) is 3. The fourth-order valence-corrected chi connectivity index (χ4v) is 1.76. The first-order valence-electron chi connectivity index (χ1n) is 4.03. The van der Waals surface area contributed by atoms with Crippen LogP contribution in [0, 0.1) is 6.07 Å². The summed E-state index contributed by atoms with van der Waals surface area (Å²) in [6.45, 7) is 1.55. The van der Waals surface area contributed by atoms with Crippen molar-refractivity contribution in [2.75, 3.05) is 0 Å².